The Morgan fingerprint density at radius 1 is 1.09 bits per heavy atom. The van der Waals surface area contributed by atoms with Crippen LogP contribution >= 0.6 is 15.9 Å². The summed E-state index contributed by atoms with van der Waals surface area (Å²) in [4.78, 5) is 12.1. The number of aryl methyl sites for hydroxylation is 1. The van der Waals surface area contributed by atoms with Crippen molar-refractivity contribution in [2.75, 3.05) is 10.6 Å². The van der Waals surface area contributed by atoms with Crippen molar-refractivity contribution in [3.8, 4) is 0 Å². The van der Waals surface area contributed by atoms with Gasteiger partial charge in [-0.25, -0.2) is 4.79 Å². The van der Waals surface area contributed by atoms with Gasteiger partial charge in [0.15, 0.2) is 0 Å². The number of rotatable bonds is 2. The molecule has 2 aromatic carbocycles. The van der Waals surface area contributed by atoms with Crippen LogP contribution in [0.2, 0.25) is 0 Å². The molecular formula is C18H17BrN2O. The Hall–Kier alpha value is -2.07. The maximum Gasteiger partial charge on any atom is 0.323 e. The molecule has 0 atom stereocenters. The third kappa shape index (κ3) is 3.22. The Bertz CT molecular complexity index is 768. The molecule has 4 heteroatoms. The Kier molecular flexibility index (Phi) is 4.03. The highest BCUT2D eigenvalue weighted by atomic mass is 79.9. The van der Waals surface area contributed by atoms with Crippen LogP contribution in [0.3, 0.4) is 0 Å². The van der Waals surface area contributed by atoms with Gasteiger partial charge in [0, 0.05) is 15.8 Å². The van der Waals surface area contributed by atoms with Gasteiger partial charge in [0.05, 0.1) is 0 Å². The van der Waals surface area contributed by atoms with Gasteiger partial charge in [0.1, 0.15) is 0 Å². The van der Waals surface area contributed by atoms with E-state index in [0.29, 0.717) is 0 Å². The summed E-state index contributed by atoms with van der Waals surface area (Å²) in [6.07, 6.45) is 1.85. The number of hydrogen-bond acceptors (Lipinski definition) is 1. The van der Waals surface area contributed by atoms with E-state index in [-0.39, 0.29) is 6.03 Å². The minimum atomic E-state index is -0.234. The van der Waals surface area contributed by atoms with Crippen molar-refractivity contribution in [2.24, 2.45) is 0 Å². The number of allylic oxidation sites excluding steroid dienone is 1. The number of hydrogen-bond donors (Lipinski definition) is 2. The second-order valence-corrected chi connectivity index (χ2v) is 6.54. The number of amides is 2. The summed E-state index contributed by atoms with van der Waals surface area (Å²) >= 11 is 3.41. The van der Waals surface area contributed by atoms with Gasteiger partial charge < -0.3 is 10.6 Å². The van der Waals surface area contributed by atoms with E-state index in [1.807, 2.05) is 37.3 Å². The van der Waals surface area contributed by atoms with Crippen molar-refractivity contribution in [2.45, 2.75) is 19.8 Å². The van der Waals surface area contributed by atoms with Crippen LogP contribution in [-0.4, -0.2) is 6.03 Å². The lowest BCUT2D eigenvalue weighted by Gasteiger charge is -2.11. The fourth-order valence-corrected chi connectivity index (χ4v) is 3.17. The van der Waals surface area contributed by atoms with E-state index in [0.717, 1.165) is 34.3 Å². The molecule has 0 spiro atoms. The van der Waals surface area contributed by atoms with Gasteiger partial charge in [0.2, 0.25) is 0 Å². The topological polar surface area (TPSA) is 41.1 Å². The van der Waals surface area contributed by atoms with Gasteiger partial charge in [0.25, 0.3) is 0 Å². The second kappa shape index (κ2) is 5.97. The molecule has 0 saturated carbocycles. The molecule has 2 N–H and O–H groups in total. The van der Waals surface area contributed by atoms with Crippen molar-refractivity contribution < 1.29 is 4.79 Å². The van der Waals surface area contributed by atoms with Crippen LogP contribution in [0.1, 0.15) is 16.7 Å². The van der Waals surface area contributed by atoms with Crippen molar-refractivity contribution in [1.29, 1.82) is 0 Å². The number of nitrogens with one attached hydrogen (secondary N) is 2. The van der Waals surface area contributed by atoms with Crippen LogP contribution in [0.4, 0.5) is 16.2 Å². The molecule has 112 valence electrons. The summed E-state index contributed by atoms with van der Waals surface area (Å²) in [5, 5.41) is 5.76. The van der Waals surface area contributed by atoms with Crippen LogP contribution in [0.15, 0.2) is 53.0 Å². The summed E-state index contributed by atoms with van der Waals surface area (Å²) in [6, 6.07) is 11.6. The maximum atomic E-state index is 12.1. The number of fused-ring (bicyclic) bond motifs is 1. The van der Waals surface area contributed by atoms with E-state index in [2.05, 4.69) is 39.2 Å². The molecule has 2 aromatic rings. The molecule has 0 bridgehead atoms. The minimum absolute atomic E-state index is 0.234. The third-order valence-corrected chi connectivity index (χ3v) is 4.27. The predicted molar refractivity (Wildman–Crippen MR) is 94.5 cm³/mol. The summed E-state index contributed by atoms with van der Waals surface area (Å²) in [5.74, 6) is 0. The molecule has 3 rings (SSSR count). The third-order valence-electron chi connectivity index (χ3n) is 3.78. The van der Waals surface area contributed by atoms with Gasteiger partial charge >= 0.3 is 6.03 Å². The quantitative estimate of drug-likeness (QED) is 0.725. The van der Waals surface area contributed by atoms with E-state index in [9.17, 15) is 4.79 Å². The zero-order valence-electron chi connectivity index (χ0n) is 12.4. The zero-order valence-corrected chi connectivity index (χ0v) is 14.0. The smallest absolute Gasteiger partial charge is 0.308 e. The van der Waals surface area contributed by atoms with Crippen LogP contribution in [-0.2, 0) is 12.8 Å². The SMILES string of the molecule is C=C1Cc2ccc(NC(=O)Nc3ccc(Br)cc3C)cc2C1. The van der Waals surface area contributed by atoms with Gasteiger partial charge in [-0.2, -0.15) is 0 Å². The lowest BCUT2D eigenvalue weighted by Crippen LogP contribution is -2.20. The molecule has 0 heterocycles. The fraction of sp³-hybridized carbons (Fsp3) is 0.167. The van der Waals surface area contributed by atoms with Gasteiger partial charge in [-0.15, -0.1) is 0 Å². The number of urea groups is 1. The summed E-state index contributed by atoms with van der Waals surface area (Å²) in [6.45, 7) is 5.99. The van der Waals surface area contributed by atoms with E-state index in [4.69, 9.17) is 0 Å². The van der Waals surface area contributed by atoms with E-state index < -0.39 is 0 Å². The van der Waals surface area contributed by atoms with Crippen molar-refractivity contribution in [1.82, 2.24) is 0 Å². The fourth-order valence-electron chi connectivity index (χ4n) is 2.69. The summed E-state index contributed by atoms with van der Waals surface area (Å²) in [5.41, 5.74) is 6.40. The minimum Gasteiger partial charge on any atom is -0.308 e. The number of halogens is 1. The molecule has 22 heavy (non-hydrogen) atoms. The van der Waals surface area contributed by atoms with Crippen molar-refractivity contribution >= 4 is 33.3 Å². The number of carbonyl (C=O) groups is 1. The number of carbonyl (C=O) groups excluding carboxylic acids is 1. The number of anilines is 2. The molecule has 0 aromatic heterocycles. The van der Waals surface area contributed by atoms with Gasteiger partial charge in [-0.05, 0) is 66.8 Å². The first-order chi connectivity index (χ1) is 10.5. The molecule has 2 amide bonds. The monoisotopic (exact) mass is 356 g/mol. The van der Waals surface area contributed by atoms with Crippen LogP contribution in [0, 0.1) is 6.92 Å². The first kappa shape index (κ1) is 14.9. The normalized spacial score (nSPS) is 12.9. The first-order valence-electron chi connectivity index (χ1n) is 7.14. The van der Waals surface area contributed by atoms with Gasteiger partial charge in [-0.1, -0.05) is 34.1 Å². The Morgan fingerprint density at radius 3 is 2.64 bits per heavy atom. The largest absolute Gasteiger partial charge is 0.323 e. The molecule has 3 nitrogen and oxygen atoms in total. The van der Waals surface area contributed by atoms with Crippen LogP contribution in [0.25, 0.3) is 0 Å². The van der Waals surface area contributed by atoms with Crippen LogP contribution in [0.5, 0.6) is 0 Å². The first-order valence-corrected chi connectivity index (χ1v) is 7.93. The molecule has 0 radical (unpaired) electrons. The standard InChI is InChI=1S/C18H17BrN2O/c1-11-7-13-3-5-16(10-14(13)8-11)20-18(22)21-17-6-4-15(19)9-12(17)2/h3-6,9-10H,1,7-8H2,2H3,(H2,20,21,22). The highest BCUT2D eigenvalue weighted by Gasteiger charge is 2.14. The van der Waals surface area contributed by atoms with E-state index >= 15 is 0 Å². The Morgan fingerprint density at radius 2 is 1.86 bits per heavy atom. The average molecular weight is 357 g/mol. The predicted octanol–water partition coefficient (Wildman–Crippen LogP) is 5.06. The lowest BCUT2D eigenvalue weighted by molar-refractivity contribution is 0.262. The highest BCUT2D eigenvalue weighted by molar-refractivity contribution is 9.10. The Labute approximate surface area is 138 Å². The zero-order chi connectivity index (χ0) is 15.7. The lowest BCUT2D eigenvalue weighted by atomic mass is 10.1. The summed E-state index contributed by atoms with van der Waals surface area (Å²) < 4.78 is 0.995. The van der Waals surface area contributed by atoms with E-state index in [1.165, 1.54) is 16.7 Å². The molecule has 1 aliphatic rings. The molecule has 0 aliphatic heterocycles. The highest BCUT2D eigenvalue weighted by Crippen LogP contribution is 2.27. The van der Waals surface area contributed by atoms with Gasteiger partial charge in [-0.3, -0.25) is 0 Å². The molecule has 1 aliphatic carbocycles. The Balaban J connectivity index is 1.70. The van der Waals surface area contributed by atoms with Crippen LogP contribution < -0.4 is 10.6 Å². The molecule has 0 fully saturated rings. The van der Waals surface area contributed by atoms with Crippen molar-refractivity contribution in [3.63, 3.8) is 0 Å². The molecular weight excluding hydrogens is 340 g/mol. The van der Waals surface area contributed by atoms with Crippen molar-refractivity contribution in [3.05, 3.63) is 69.7 Å². The maximum absolute atomic E-state index is 12.1. The van der Waals surface area contributed by atoms with E-state index in [1.54, 1.807) is 0 Å². The summed E-state index contributed by atoms with van der Waals surface area (Å²) in [7, 11) is 0. The second-order valence-electron chi connectivity index (χ2n) is 5.63. The molecule has 0 saturated heterocycles. The number of benzene rings is 2. The molecule has 0 unspecified atom stereocenters. The average Bonchev–Trinajstić information content (AvgIpc) is 2.81.